The van der Waals surface area contributed by atoms with Crippen LogP contribution >= 0.6 is 0 Å². The molecule has 0 amide bonds. The van der Waals surface area contributed by atoms with Gasteiger partial charge in [-0.25, -0.2) is 8.42 Å². The van der Waals surface area contributed by atoms with Crippen LogP contribution in [0.1, 0.15) is 16.7 Å². The summed E-state index contributed by atoms with van der Waals surface area (Å²) in [6.07, 6.45) is 0. The van der Waals surface area contributed by atoms with Crippen LogP contribution in [-0.4, -0.2) is 18.1 Å². The molecule has 4 N–H and O–H groups in total. The highest BCUT2D eigenvalue weighted by Gasteiger charge is 2.34. The van der Waals surface area contributed by atoms with E-state index in [0.29, 0.717) is 22.4 Å². The minimum absolute atomic E-state index is 0.179. The zero-order valence-electron chi connectivity index (χ0n) is 24.1. The Labute approximate surface area is 262 Å². The van der Waals surface area contributed by atoms with Gasteiger partial charge in [-0.15, -0.1) is 0 Å². The molecule has 0 atom stereocenters. The maximum atomic E-state index is 12.5. The smallest absolute Gasteiger partial charge is 0.140 e. The highest BCUT2D eigenvalue weighted by atomic mass is 32.2. The maximum absolute atomic E-state index is 12.5. The number of hydrogen-bond donors (Lipinski definition) is 4. The first-order valence-corrected chi connectivity index (χ1v) is 15.7. The predicted octanol–water partition coefficient (Wildman–Crippen LogP) is 8.11. The number of para-hydroxylation sites is 3. The molecular formula is C37H30N3O4S-. The van der Waals surface area contributed by atoms with Gasteiger partial charge in [0.05, 0.1) is 10.6 Å². The van der Waals surface area contributed by atoms with Gasteiger partial charge in [-0.2, -0.15) is 0 Å². The fourth-order valence-corrected chi connectivity index (χ4v) is 5.84. The lowest BCUT2D eigenvalue weighted by molar-refractivity contribution is 0.126. The van der Waals surface area contributed by atoms with Crippen LogP contribution < -0.4 is 16.0 Å². The molecule has 0 unspecified atom stereocenters. The fourth-order valence-electron chi connectivity index (χ4n) is 5.20. The second kappa shape index (κ2) is 12.7. The summed E-state index contributed by atoms with van der Waals surface area (Å²) in [5.41, 5.74) is 4.80. The lowest BCUT2D eigenvalue weighted by Gasteiger charge is -2.31. The normalized spacial score (nSPS) is 11.5. The Morgan fingerprint density at radius 2 is 0.778 bits per heavy atom. The molecule has 8 heteroatoms. The van der Waals surface area contributed by atoms with E-state index in [1.54, 1.807) is 30.3 Å². The van der Waals surface area contributed by atoms with Crippen molar-refractivity contribution in [3.8, 4) is 0 Å². The molecule has 0 aliphatic carbocycles. The Kier molecular flexibility index (Phi) is 8.35. The summed E-state index contributed by atoms with van der Waals surface area (Å²) < 4.78 is 35.3. The third kappa shape index (κ3) is 6.73. The van der Waals surface area contributed by atoms with Crippen molar-refractivity contribution in [2.24, 2.45) is 0 Å². The molecule has 6 aromatic rings. The summed E-state index contributed by atoms with van der Waals surface area (Å²) in [5.74, 6) is 0. The minimum Gasteiger partial charge on any atom is -0.744 e. The zero-order valence-corrected chi connectivity index (χ0v) is 24.9. The van der Waals surface area contributed by atoms with Gasteiger partial charge in [-0.1, -0.05) is 84.9 Å². The average molecular weight is 613 g/mol. The summed E-state index contributed by atoms with van der Waals surface area (Å²) >= 11 is 0. The predicted molar refractivity (Wildman–Crippen MR) is 179 cm³/mol. The topological polar surface area (TPSA) is 114 Å². The van der Waals surface area contributed by atoms with Crippen molar-refractivity contribution in [2.75, 3.05) is 16.0 Å². The second-order valence-electron chi connectivity index (χ2n) is 10.5. The molecule has 45 heavy (non-hydrogen) atoms. The van der Waals surface area contributed by atoms with Gasteiger partial charge < -0.3 is 25.6 Å². The number of benzene rings is 6. The molecule has 224 valence electrons. The van der Waals surface area contributed by atoms with Crippen molar-refractivity contribution in [3.63, 3.8) is 0 Å². The number of anilines is 6. The molecule has 0 fully saturated rings. The molecule has 0 spiro atoms. The van der Waals surface area contributed by atoms with Crippen molar-refractivity contribution >= 4 is 44.2 Å². The van der Waals surface area contributed by atoms with E-state index >= 15 is 0 Å². The van der Waals surface area contributed by atoms with Crippen molar-refractivity contribution in [1.82, 2.24) is 0 Å². The Hall–Kier alpha value is -5.41. The van der Waals surface area contributed by atoms with E-state index in [0.717, 1.165) is 22.7 Å². The van der Waals surface area contributed by atoms with Gasteiger partial charge in [0.2, 0.25) is 0 Å². The minimum atomic E-state index is -4.67. The van der Waals surface area contributed by atoms with E-state index in [2.05, 4.69) is 16.0 Å². The van der Waals surface area contributed by atoms with E-state index < -0.39 is 15.7 Å². The van der Waals surface area contributed by atoms with Crippen LogP contribution in [0, 0.1) is 0 Å². The summed E-state index contributed by atoms with van der Waals surface area (Å²) in [6, 6.07) is 48.0. The number of nitrogens with one attached hydrogen (secondary N) is 3. The van der Waals surface area contributed by atoms with E-state index in [1.165, 1.54) is 18.2 Å². The van der Waals surface area contributed by atoms with Gasteiger partial charge >= 0.3 is 0 Å². The Bertz CT molecular complexity index is 1900. The monoisotopic (exact) mass is 612 g/mol. The fraction of sp³-hybridized carbons (Fsp3) is 0.0270. The zero-order chi connectivity index (χ0) is 31.3. The van der Waals surface area contributed by atoms with Gasteiger partial charge in [0, 0.05) is 28.4 Å². The van der Waals surface area contributed by atoms with E-state index in [4.69, 9.17) is 0 Å². The molecule has 6 rings (SSSR count). The van der Waals surface area contributed by atoms with Crippen LogP contribution in [0.4, 0.5) is 34.1 Å². The first kappa shape index (κ1) is 29.7. The van der Waals surface area contributed by atoms with Gasteiger partial charge in [-0.3, -0.25) is 0 Å². The quantitative estimate of drug-likeness (QED) is 0.0913. The van der Waals surface area contributed by atoms with Crippen molar-refractivity contribution < 1.29 is 18.1 Å². The molecule has 0 saturated heterocycles. The summed E-state index contributed by atoms with van der Waals surface area (Å²) in [7, 11) is -4.67. The Morgan fingerprint density at radius 3 is 1.18 bits per heavy atom. The van der Waals surface area contributed by atoms with Crippen molar-refractivity contribution in [1.29, 1.82) is 0 Å². The van der Waals surface area contributed by atoms with Crippen LogP contribution in [0.15, 0.2) is 163 Å². The van der Waals surface area contributed by atoms with Crippen LogP contribution in [0.25, 0.3) is 0 Å². The van der Waals surface area contributed by atoms with Crippen LogP contribution in [-0.2, 0) is 15.7 Å². The molecule has 0 aliphatic rings. The Balaban J connectivity index is 1.34. The van der Waals surface area contributed by atoms with E-state index in [-0.39, 0.29) is 10.6 Å². The molecule has 0 aromatic heterocycles. The standard InChI is InChI=1S/C37H31N3O4S/c41-37(27-15-21-32(22-16-27)38-30-9-3-1-4-10-30,28-17-23-33(24-18-28)39-31-11-5-2-6-12-31)29-19-25-34(26-20-29)40-35-13-7-8-14-36(35)45(42,43)44/h1-26,38-41H,(H,42,43,44)/p-1. The van der Waals surface area contributed by atoms with Gasteiger partial charge in [0.1, 0.15) is 15.7 Å². The van der Waals surface area contributed by atoms with Crippen LogP contribution in [0.2, 0.25) is 0 Å². The lowest BCUT2D eigenvalue weighted by atomic mass is 9.80. The summed E-state index contributed by atoms with van der Waals surface area (Å²) in [4.78, 5) is -0.334. The highest BCUT2D eigenvalue weighted by molar-refractivity contribution is 7.86. The molecule has 6 aromatic carbocycles. The third-order valence-corrected chi connectivity index (χ3v) is 8.36. The van der Waals surface area contributed by atoms with E-state index in [1.807, 2.05) is 109 Å². The SMILES string of the molecule is O=S(=O)([O-])c1ccccc1Nc1ccc(C(O)(c2ccc(Nc3ccccc3)cc2)c2ccc(Nc3ccccc3)cc2)cc1. The summed E-state index contributed by atoms with van der Waals surface area (Å²) in [5, 5.41) is 22.3. The molecule has 0 bridgehead atoms. The number of aliphatic hydroxyl groups is 1. The lowest BCUT2D eigenvalue weighted by Crippen LogP contribution is -2.28. The van der Waals surface area contributed by atoms with E-state index in [9.17, 15) is 18.1 Å². The first-order chi connectivity index (χ1) is 21.8. The highest BCUT2D eigenvalue weighted by Crippen LogP contribution is 2.39. The van der Waals surface area contributed by atoms with Gasteiger partial charge in [0.25, 0.3) is 0 Å². The van der Waals surface area contributed by atoms with Gasteiger partial charge in [0.15, 0.2) is 0 Å². The van der Waals surface area contributed by atoms with Crippen LogP contribution in [0.5, 0.6) is 0 Å². The summed E-state index contributed by atoms with van der Waals surface area (Å²) in [6.45, 7) is 0. The first-order valence-electron chi connectivity index (χ1n) is 14.3. The number of hydrogen-bond acceptors (Lipinski definition) is 7. The largest absolute Gasteiger partial charge is 0.744 e. The average Bonchev–Trinajstić information content (AvgIpc) is 3.06. The number of rotatable bonds is 10. The molecular weight excluding hydrogens is 582 g/mol. The Morgan fingerprint density at radius 1 is 0.444 bits per heavy atom. The molecule has 0 heterocycles. The molecule has 0 saturated carbocycles. The van der Waals surface area contributed by atoms with Gasteiger partial charge in [-0.05, 0) is 89.5 Å². The molecule has 0 aliphatic heterocycles. The maximum Gasteiger partial charge on any atom is 0.140 e. The van der Waals surface area contributed by atoms with Crippen molar-refractivity contribution in [2.45, 2.75) is 10.5 Å². The molecule has 0 radical (unpaired) electrons. The second-order valence-corrected chi connectivity index (χ2v) is 11.8. The third-order valence-electron chi connectivity index (χ3n) is 7.47. The molecule has 7 nitrogen and oxygen atoms in total. The van der Waals surface area contributed by atoms with Crippen molar-refractivity contribution in [3.05, 3.63) is 174 Å². The van der Waals surface area contributed by atoms with Crippen LogP contribution in [0.3, 0.4) is 0 Å².